The van der Waals surface area contributed by atoms with Gasteiger partial charge in [0.15, 0.2) is 5.15 Å². The third kappa shape index (κ3) is 3.28. The van der Waals surface area contributed by atoms with Crippen molar-refractivity contribution in [3.63, 3.8) is 0 Å². The minimum absolute atomic E-state index is 0.0819. The Bertz CT molecular complexity index is 715. The number of aromatic nitrogens is 2. The first-order valence-electron chi connectivity index (χ1n) is 5.53. The van der Waals surface area contributed by atoms with Crippen LogP contribution in [0.4, 0.5) is 11.4 Å². The van der Waals surface area contributed by atoms with Crippen LogP contribution in [0.3, 0.4) is 0 Å². The molecule has 0 unspecified atom stereocenters. The number of nitrogens with two attached hydrogens (primary N) is 1. The van der Waals surface area contributed by atoms with Gasteiger partial charge in [-0.2, -0.15) is 0 Å². The van der Waals surface area contributed by atoms with E-state index in [9.17, 15) is 9.59 Å². The van der Waals surface area contributed by atoms with Crippen molar-refractivity contribution in [1.29, 1.82) is 0 Å². The summed E-state index contributed by atoms with van der Waals surface area (Å²) in [6.45, 7) is -0.223. The standard InChI is InChI=1S/C12H10Cl2N4O2/c13-7-2-1-3-8(4-7)17-9(19)5-18-6-16-11(14)10(15)12(18)20/h1-4,6H,5,15H2,(H,17,19). The lowest BCUT2D eigenvalue weighted by Gasteiger charge is -2.08. The fourth-order valence-corrected chi connectivity index (χ4v) is 1.83. The molecule has 0 saturated heterocycles. The van der Waals surface area contributed by atoms with Crippen molar-refractivity contribution < 1.29 is 4.79 Å². The summed E-state index contributed by atoms with van der Waals surface area (Å²) in [6.07, 6.45) is 1.17. The Morgan fingerprint density at radius 1 is 1.40 bits per heavy atom. The van der Waals surface area contributed by atoms with E-state index in [0.717, 1.165) is 4.57 Å². The molecular weight excluding hydrogens is 303 g/mol. The normalized spacial score (nSPS) is 10.3. The number of nitrogens with zero attached hydrogens (tertiary/aromatic N) is 2. The van der Waals surface area contributed by atoms with E-state index in [-0.39, 0.29) is 17.4 Å². The molecule has 0 aliphatic carbocycles. The molecule has 1 amide bonds. The van der Waals surface area contributed by atoms with Crippen LogP contribution in [-0.2, 0) is 11.3 Å². The van der Waals surface area contributed by atoms with E-state index in [2.05, 4.69) is 10.3 Å². The second-order valence-corrected chi connectivity index (χ2v) is 4.74. The number of nitrogen functional groups attached to an aromatic ring is 1. The molecular formula is C12H10Cl2N4O2. The van der Waals surface area contributed by atoms with Gasteiger partial charge in [-0.3, -0.25) is 14.2 Å². The Morgan fingerprint density at radius 3 is 2.85 bits per heavy atom. The van der Waals surface area contributed by atoms with E-state index >= 15 is 0 Å². The SMILES string of the molecule is Nc1c(Cl)ncn(CC(=O)Nc2cccc(Cl)c2)c1=O. The molecule has 8 heteroatoms. The van der Waals surface area contributed by atoms with E-state index in [1.54, 1.807) is 24.3 Å². The molecule has 0 atom stereocenters. The number of amides is 1. The van der Waals surface area contributed by atoms with Crippen LogP contribution in [-0.4, -0.2) is 15.5 Å². The summed E-state index contributed by atoms with van der Waals surface area (Å²) in [5.74, 6) is -0.405. The number of hydrogen-bond donors (Lipinski definition) is 2. The Kier molecular flexibility index (Phi) is 4.26. The highest BCUT2D eigenvalue weighted by molar-refractivity contribution is 6.31. The van der Waals surface area contributed by atoms with Crippen LogP contribution in [0, 0.1) is 0 Å². The van der Waals surface area contributed by atoms with E-state index in [1.165, 1.54) is 6.33 Å². The highest BCUT2D eigenvalue weighted by atomic mass is 35.5. The summed E-state index contributed by atoms with van der Waals surface area (Å²) >= 11 is 11.4. The van der Waals surface area contributed by atoms with Gasteiger partial charge in [-0.15, -0.1) is 0 Å². The fraction of sp³-hybridized carbons (Fsp3) is 0.0833. The molecule has 3 N–H and O–H groups in total. The van der Waals surface area contributed by atoms with Crippen LogP contribution in [0.2, 0.25) is 10.2 Å². The Balaban J connectivity index is 2.13. The summed E-state index contributed by atoms with van der Waals surface area (Å²) in [6, 6.07) is 6.66. The molecule has 0 radical (unpaired) electrons. The molecule has 0 aliphatic rings. The Morgan fingerprint density at radius 2 is 2.15 bits per heavy atom. The van der Waals surface area contributed by atoms with Crippen LogP contribution in [0.5, 0.6) is 0 Å². The van der Waals surface area contributed by atoms with Gasteiger partial charge in [-0.25, -0.2) is 4.98 Å². The summed E-state index contributed by atoms with van der Waals surface area (Å²) in [5.41, 5.74) is 5.23. The number of halogens is 2. The number of rotatable bonds is 3. The second kappa shape index (κ2) is 5.94. The molecule has 0 aliphatic heterocycles. The predicted molar refractivity (Wildman–Crippen MR) is 78.0 cm³/mol. The Hall–Kier alpha value is -2.05. The summed E-state index contributed by atoms with van der Waals surface area (Å²) in [4.78, 5) is 27.3. The molecule has 0 fully saturated rings. The van der Waals surface area contributed by atoms with Crippen LogP contribution >= 0.6 is 23.2 Å². The zero-order valence-corrected chi connectivity index (χ0v) is 11.6. The zero-order valence-electron chi connectivity index (χ0n) is 10.1. The minimum atomic E-state index is -0.564. The molecule has 20 heavy (non-hydrogen) atoms. The monoisotopic (exact) mass is 312 g/mol. The molecule has 1 aromatic carbocycles. The van der Waals surface area contributed by atoms with Crippen molar-refractivity contribution in [2.75, 3.05) is 11.1 Å². The first kappa shape index (κ1) is 14.4. The largest absolute Gasteiger partial charge is 0.392 e. The summed E-state index contributed by atoms with van der Waals surface area (Å²) in [7, 11) is 0. The maximum Gasteiger partial charge on any atom is 0.278 e. The number of benzene rings is 1. The second-order valence-electron chi connectivity index (χ2n) is 3.94. The average Bonchev–Trinajstić information content (AvgIpc) is 2.39. The number of carbonyl (C=O) groups excluding carboxylic acids is 1. The maximum absolute atomic E-state index is 11.8. The van der Waals surface area contributed by atoms with E-state index < -0.39 is 11.5 Å². The fourth-order valence-electron chi connectivity index (χ4n) is 1.52. The smallest absolute Gasteiger partial charge is 0.278 e. The van der Waals surface area contributed by atoms with Crippen LogP contribution < -0.4 is 16.6 Å². The van der Waals surface area contributed by atoms with Gasteiger partial charge < -0.3 is 11.1 Å². The minimum Gasteiger partial charge on any atom is -0.392 e. The first-order valence-corrected chi connectivity index (χ1v) is 6.29. The van der Waals surface area contributed by atoms with Gasteiger partial charge >= 0.3 is 0 Å². The van der Waals surface area contributed by atoms with Crippen molar-refractivity contribution >= 4 is 40.5 Å². The van der Waals surface area contributed by atoms with Gasteiger partial charge in [0, 0.05) is 10.7 Å². The molecule has 6 nitrogen and oxygen atoms in total. The van der Waals surface area contributed by atoms with Gasteiger partial charge in [0.1, 0.15) is 12.2 Å². The van der Waals surface area contributed by atoms with E-state index in [0.29, 0.717) is 10.7 Å². The topological polar surface area (TPSA) is 90.0 Å². The molecule has 2 rings (SSSR count). The predicted octanol–water partition coefficient (Wildman–Crippen LogP) is 1.77. The average molecular weight is 313 g/mol. The first-order chi connectivity index (χ1) is 9.47. The molecule has 2 aromatic rings. The van der Waals surface area contributed by atoms with E-state index in [4.69, 9.17) is 28.9 Å². The third-order valence-corrected chi connectivity index (χ3v) is 2.98. The molecule has 0 bridgehead atoms. The summed E-state index contributed by atoms with van der Waals surface area (Å²) in [5, 5.41) is 3.02. The van der Waals surface area contributed by atoms with Gasteiger partial charge in [0.2, 0.25) is 5.91 Å². The zero-order chi connectivity index (χ0) is 14.7. The Labute approximate surface area is 124 Å². The lowest BCUT2D eigenvalue weighted by Crippen LogP contribution is -2.29. The highest BCUT2D eigenvalue weighted by Crippen LogP contribution is 2.14. The number of hydrogen-bond acceptors (Lipinski definition) is 4. The van der Waals surface area contributed by atoms with E-state index in [1.807, 2.05) is 0 Å². The van der Waals surface area contributed by atoms with Crippen molar-refractivity contribution in [3.8, 4) is 0 Å². The van der Waals surface area contributed by atoms with Crippen molar-refractivity contribution in [1.82, 2.24) is 9.55 Å². The molecule has 0 spiro atoms. The van der Waals surface area contributed by atoms with Crippen LogP contribution in [0.25, 0.3) is 0 Å². The summed E-state index contributed by atoms with van der Waals surface area (Å²) < 4.78 is 1.07. The quantitative estimate of drug-likeness (QED) is 0.845. The van der Waals surface area contributed by atoms with Gasteiger partial charge in [0.05, 0.1) is 6.33 Å². The highest BCUT2D eigenvalue weighted by Gasteiger charge is 2.10. The lowest BCUT2D eigenvalue weighted by atomic mass is 10.3. The van der Waals surface area contributed by atoms with Gasteiger partial charge in [0.25, 0.3) is 5.56 Å². The van der Waals surface area contributed by atoms with Gasteiger partial charge in [-0.05, 0) is 18.2 Å². The molecule has 1 heterocycles. The van der Waals surface area contributed by atoms with Crippen molar-refractivity contribution in [2.45, 2.75) is 6.54 Å². The molecule has 1 aromatic heterocycles. The van der Waals surface area contributed by atoms with Crippen molar-refractivity contribution in [2.24, 2.45) is 0 Å². The molecule has 0 saturated carbocycles. The third-order valence-electron chi connectivity index (χ3n) is 2.45. The molecule has 104 valence electrons. The number of nitrogens with one attached hydrogen (secondary N) is 1. The van der Waals surface area contributed by atoms with Crippen molar-refractivity contribution in [3.05, 3.63) is 51.1 Å². The maximum atomic E-state index is 11.8. The number of anilines is 2. The van der Waals surface area contributed by atoms with Crippen LogP contribution in [0.1, 0.15) is 0 Å². The van der Waals surface area contributed by atoms with Crippen LogP contribution in [0.15, 0.2) is 35.4 Å². The number of carbonyl (C=O) groups is 1. The lowest BCUT2D eigenvalue weighted by molar-refractivity contribution is -0.116. The van der Waals surface area contributed by atoms with Gasteiger partial charge in [-0.1, -0.05) is 29.3 Å².